The van der Waals surface area contributed by atoms with E-state index >= 15 is 0 Å². The van der Waals surface area contributed by atoms with Crippen LogP contribution in [0.4, 0.5) is 0 Å². The highest BCUT2D eigenvalue weighted by Gasteiger charge is 2.21. The van der Waals surface area contributed by atoms with Crippen molar-refractivity contribution in [3.63, 3.8) is 0 Å². The standard InChI is InChI=1S/C15H18N2O3/c1-2-14-16-12-4-3-10(15(18)19)9-13(12)17(14)11-5-7-20-8-6-11/h3-4,9,11H,2,5-8H2,1H3,(H,18,19). The number of ether oxygens (including phenoxy) is 1. The third kappa shape index (κ3) is 2.18. The first-order valence-corrected chi connectivity index (χ1v) is 7.02. The molecule has 0 unspecified atom stereocenters. The molecule has 1 fully saturated rings. The van der Waals surface area contributed by atoms with Crippen LogP contribution in [0.25, 0.3) is 11.0 Å². The van der Waals surface area contributed by atoms with Gasteiger partial charge in [0, 0.05) is 25.7 Å². The number of nitrogens with zero attached hydrogens (tertiary/aromatic N) is 2. The lowest BCUT2D eigenvalue weighted by Gasteiger charge is -2.25. The van der Waals surface area contributed by atoms with Gasteiger partial charge in [-0.15, -0.1) is 0 Å². The fourth-order valence-corrected chi connectivity index (χ4v) is 2.88. The van der Waals surface area contributed by atoms with E-state index in [0.29, 0.717) is 11.6 Å². The molecule has 0 bridgehead atoms. The van der Waals surface area contributed by atoms with Crippen LogP contribution >= 0.6 is 0 Å². The van der Waals surface area contributed by atoms with Crippen molar-refractivity contribution < 1.29 is 14.6 Å². The van der Waals surface area contributed by atoms with Crippen molar-refractivity contribution in [3.8, 4) is 0 Å². The zero-order valence-corrected chi connectivity index (χ0v) is 11.5. The van der Waals surface area contributed by atoms with E-state index in [4.69, 9.17) is 9.84 Å². The fourth-order valence-electron chi connectivity index (χ4n) is 2.88. The third-order valence-corrected chi connectivity index (χ3v) is 3.88. The number of hydrogen-bond acceptors (Lipinski definition) is 3. The van der Waals surface area contributed by atoms with Gasteiger partial charge in [-0.1, -0.05) is 6.92 Å². The molecule has 1 aromatic carbocycles. The molecule has 0 saturated carbocycles. The Morgan fingerprint density at radius 2 is 2.20 bits per heavy atom. The van der Waals surface area contributed by atoms with E-state index in [0.717, 1.165) is 49.3 Å². The number of carbonyl (C=O) groups is 1. The molecule has 2 aromatic rings. The fraction of sp³-hybridized carbons (Fsp3) is 0.467. The van der Waals surface area contributed by atoms with E-state index in [1.807, 2.05) is 0 Å². The summed E-state index contributed by atoms with van der Waals surface area (Å²) in [5.74, 6) is 0.124. The van der Waals surface area contributed by atoms with Crippen LogP contribution in [0.1, 0.15) is 42.0 Å². The van der Waals surface area contributed by atoms with Gasteiger partial charge >= 0.3 is 5.97 Å². The first-order chi connectivity index (χ1) is 9.70. The summed E-state index contributed by atoms with van der Waals surface area (Å²) in [5.41, 5.74) is 2.11. The van der Waals surface area contributed by atoms with Gasteiger partial charge in [-0.2, -0.15) is 0 Å². The van der Waals surface area contributed by atoms with Gasteiger partial charge < -0.3 is 14.4 Å². The second kappa shape index (κ2) is 5.25. The maximum atomic E-state index is 11.2. The minimum atomic E-state index is -0.898. The monoisotopic (exact) mass is 274 g/mol. The lowest BCUT2D eigenvalue weighted by atomic mass is 10.1. The average molecular weight is 274 g/mol. The topological polar surface area (TPSA) is 64.3 Å². The molecule has 20 heavy (non-hydrogen) atoms. The van der Waals surface area contributed by atoms with Crippen LogP contribution in [0, 0.1) is 0 Å². The Hall–Kier alpha value is -1.88. The number of aromatic carboxylic acids is 1. The summed E-state index contributed by atoms with van der Waals surface area (Å²) in [7, 11) is 0. The summed E-state index contributed by atoms with van der Waals surface area (Å²) >= 11 is 0. The van der Waals surface area contributed by atoms with E-state index in [1.165, 1.54) is 0 Å². The largest absolute Gasteiger partial charge is 0.478 e. The van der Waals surface area contributed by atoms with Crippen molar-refractivity contribution >= 4 is 17.0 Å². The summed E-state index contributed by atoms with van der Waals surface area (Å²) in [4.78, 5) is 15.8. The first kappa shape index (κ1) is 13.1. The van der Waals surface area contributed by atoms with E-state index in [2.05, 4.69) is 16.5 Å². The SMILES string of the molecule is CCc1nc2ccc(C(=O)O)cc2n1C1CCOCC1. The molecule has 3 rings (SSSR count). The van der Waals surface area contributed by atoms with Crippen LogP contribution < -0.4 is 0 Å². The number of benzene rings is 1. The number of imidazole rings is 1. The highest BCUT2D eigenvalue weighted by molar-refractivity contribution is 5.92. The van der Waals surface area contributed by atoms with Crippen molar-refractivity contribution in [2.45, 2.75) is 32.2 Å². The Labute approximate surface area is 117 Å². The zero-order valence-electron chi connectivity index (χ0n) is 11.5. The molecular weight excluding hydrogens is 256 g/mol. The predicted octanol–water partition coefficient (Wildman–Crippen LogP) is 2.65. The normalized spacial score (nSPS) is 16.6. The number of aromatic nitrogens is 2. The minimum absolute atomic E-state index is 0.313. The Kier molecular flexibility index (Phi) is 3.44. The molecule has 1 N–H and O–H groups in total. The molecule has 1 aromatic heterocycles. The van der Waals surface area contributed by atoms with Crippen LogP contribution in [0.15, 0.2) is 18.2 Å². The number of aryl methyl sites for hydroxylation is 1. The highest BCUT2D eigenvalue weighted by atomic mass is 16.5. The van der Waals surface area contributed by atoms with Crippen molar-refractivity contribution in [2.75, 3.05) is 13.2 Å². The molecule has 0 amide bonds. The van der Waals surface area contributed by atoms with Crippen LogP contribution in [-0.2, 0) is 11.2 Å². The summed E-state index contributed by atoms with van der Waals surface area (Å²) < 4.78 is 7.63. The van der Waals surface area contributed by atoms with Crippen molar-refractivity contribution in [3.05, 3.63) is 29.6 Å². The number of fused-ring (bicyclic) bond motifs is 1. The second-order valence-electron chi connectivity index (χ2n) is 5.10. The van der Waals surface area contributed by atoms with Gasteiger partial charge in [0.05, 0.1) is 16.6 Å². The number of rotatable bonds is 3. The molecule has 0 atom stereocenters. The van der Waals surface area contributed by atoms with Crippen LogP contribution in [0.5, 0.6) is 0 Å². The number of carboxylic acid groups (broad SMARTS) is 1. The Balaban J connectivity index is 2.15. The van der Waals surface area contributed by atoms with Gasteiger partial charge in [0.25, 0.3) is 0 Å². The number of hydrogen-bond donors (Lipinski definition) is 1. The summed E-state index contributed by atoms with van der Waals surface area (Å²) in [6.45, 7) is 3.59. The number of carboxylic acids is 1. The third-order valence-electron chi connectivity index (χ3n) is 3.88. The molecule has 1 saturated heterocycles. The van der Waals surface area contributed by atoms with E-state index in [1.54, 1.807) is 18.2 Å². The minimum Gasteiger partial charge on any atom is -0.478 e. The Bertz CT molecular complexity index is 642. The maximum Gasteiger partial charge on any atom is 0.335 e. The first-order valence-electron chi connectivity index (χ1n) is 7.02. The molecule has 1 aliphatic rings. The maximum absolute atomic E-state index is 11.2. The van der Waals surface area contributed by atoms with Gasteiger partial charge in [0.2, 0.25) is 0 Å². The Morgan fingerprint density at radius 1 is 1.45 bits per heavy atom. The molecule has 0 spiro atoms. The van der Waals surface area contributed by atoms with Gasteiger partial charge in [-0.3, -0.25) is 0 Å². The molecule has 0 aliphatic carbocycles. The molecular formula is C15H18N2O3. The van der Waals surface area contributed by atoms with E-state index in [-0.39, 0.29) is 0 Å². The predicted molar refractivity (Wildman–Crippen MR) is 75.2 cm³/mol. The molecule has 2 heterocycles. The van der Waals surface area contributed by atoms with Gasteiger partial charge in [-0.25, -0.2) is 9.78 Å². The second-order valence-corrected chi connectivity index (χ2v) is 5.10. The van der Waals surface area contributed by atoms with Gasteiger partial charge in [0.1, 0.15) is 5.82 Å². The van der Waals surface area contributed by atoms with Crippen molar-refractivity contribution in [1.82, 2.24) is 9.55 Å². The van der Waals surface area contributed by atoms with Crippen molar-refractivity contribution in [1.29, 1.82) is 0 Å². The van der Waals surface area contributed by atoms with Gasteiger partial charge in [-0.05, 0) is 31.0 Å². The van der Waals surface area contributed by atoms with E-state index < -0.39 is 5.97 Å². The average Bonchev–Trinajstić information content (AvgIpc) is 2.85. The van der Waals surface area contributed by atoms with Crippen molar-refractivity contribution in [2.24, 2.45) is 0 Å². The lowest BCUT2D eigenvalue weighted by molar-refractivity contribution is 0.0690. The summed E-state index contributed by atoms with van der Waals surface area (Å²) in [6.07, 6.45) is 2.75. The van der Waals surface area contributed by atoms with Crippen LogP contribution in [0.2, 0.25) is 0 Å². The Morgan fingerprint density at radius 3 is 2.85 bits per heavy atom. The summed E-state index contributed by atoms with van der Waals surface area (Å²) in [5, 5.41) is 9.16. The molecule has 5 heteroatoms. The van der Waals surface area contributed by atoms with Crippen LogP contribution in [0.3, 0.4) is 0 Å². The zero-order chi connectivity index (χ0) is 14.1. The molecule has 1 aliphatic heterocycles. The molecule has 106 valence electrons. The summed E-state index contributed by atoms with van der Waals surface area (Å²) in [6, 6.07) is 5.51. The molecule has 0 radical (unpaired) electrons. The smallest absolute Gasteiger partial charge is 0.335 e. The lowest BCUT2D eigenvalue weighted by Crippen LogP contribution is -2.21. The quantitative estimate of drug-likeness (QED) is 0.934. The molecule has 5 nitrogen and oxygen atoms in total. The van der Waals surface area contributed by atoms with Gasteiger partial charge in [0.15, 0.2) is 0 Å². The highest BCUT2D eigenvalue weighted by Crippen LogP contribution is 2.28. The van der Waals surface area contributed by atoms with Crippen LogP contribution in [-0.4, -0.2) is 33.8 Å². The van der Waals surface area contributed by atoms with E-state index in [9.17, 15) is 4.79 Å².